The first-order valence-corrected chi connectivity index (χ1v) is 15.1. The van der Waals surface area contributed by atoms with Gasteiger partial charge >= 0.3 is 0 Å². The van der Waals surface area contributed by atoms with Crippen LogP contribution in [0.25, 0.3) is 0 Å². The van der Waals surface area contributed by atoms with Gasteiger partial charge in [0.05, 0.1) is 5.83 Å². The molecule has 0 bridgehead atoms. The van der Waals surface area contributed by atoms with Crippen LogP contribution in [0.4, 0.5) is 4.39 Å². The van der Waals surface area contributed by atoms with Gasteiger partial charge in [-0.3, -0.25) is 4.99 Å². The summed E-state index contributed by atoms with van der Waals surface area (Å²) >= 11 is 0. The molecule has 0 unspecified atom stereocenters. The summed E-state index contributed by atoms with van der Waals surface area (Å²) in [6, 6.07) is 0. The Hall–Kier alpha value is -2.42. The van der Waals surface area contributed by atoms with E-state index in [1.54, 1.807) is 6.08 Å². The van der Waals surface area contributed by atoms with Crippen LogP contribution in [-0.4, -0.2) is 13.8 Å². The molecule has 0 aliphatic carbocycles. The highest BCUT2D eigenvalue weighted by Crippen LogP contribution is 2.20. The minimum absolute atomic E-state index is 0.0856. The topological polar surface area (TPSA) is 24.4 Å². The van der Waals surface area contributed by atoms with Crippen LogP contribution in [0.5, 0.6) is 0 Å². The summed E-state index contributed by atoms with van der Waals surface area (Å²) in [7, 11) is 1.91. The summed E-state index contributed by atoms with van der Waals surface area (Å²) < 4.78 is 11.6. The molecule has 0 atom stereocenters. The summed E-state index contributed by atoms with van der Waals surface area (Å²) in [6.45, 7) is 31.7. The Morgan fingerprint density at radius 1 is 0.769 bits per heavy atom. The van der Waals surface area contributed by atoms with Gasteiger partial charge in [0, 0.05) is 12.7 Å². The zero-order chi connectivity index (χ0) is 31.5. The molecule has 0 saturated carbocycles. The molecule has 39 heavy (non-hydrogen) atoms. The largest absolute Gasteiger partial charge is 0.394 e. The number of rotatable bonds is 14. The first-order valence-electron chi connectivity index (χ1n) is 15.1. The van der Waals surface area contributed by atoms with Crippen LogP contribution in [0.1, 0.15) is 134 Å². The summed E-state index contributed by atoms with van der Waals surface area (Å²) in [6.07, 6.45) is 22.4. The quantitative estimate of drug-likeness (QED) is 0.131. The van der Waals surface area contributed by atoms with Crippen molar-refractivity contribution in [2.45, 2.75) is 134 Å². The van der Waals surface area contributed by atoms with Crippen molar-refractivity contribution in [2.75, 3.05) is 7.05 Å². The molecule has 228 valence electrons. The highest BCUT2D eigenvalue weighted by Gasteiger charge is 2.03. The molecule has 0 aliphatic heterocycles. The fraction of sp³-hybridized carbons (Fsp3) is 0.583. The summed E-state index contributed by atoms with van der Waals surface area (Å²) in [5.41, 5.74) is 6.73. The van der Waals surface area contributed by atoms with Gasteiger partial charge < -0.3 is 5.32 Å². The van der Waals surface area contributed by atoms with E-state index in [1.165, 1.54) is 42.1 Å². The number of allylic oxidation sites excluding steroid dienone is 12. The van der Waals surface area contributed by atoms with Crippen LogP contribution < -0.4 is 5.32 Å². The molecule has 0 heterocycles. The van der Waals surface area contributed by atoms with Gasteiger partial charge in [0.1, 0.15) is 0 Å². The first kappa shape index (κ1) is 46.4. The molecule has 1 N–H and O–H groups in total. The fourth-order valence-electron chi connectivity index (χ4n) is 3.10. The second-order valence-corrected chi connectivity index (χ2v) is 8.53. The van der Waals surface area contributed by atoms with Crippen LogP contribution >= 0.6 is 0 Å². The highest BCUT2D eigenvalue weighted by atomic mass is 19.1. The van der Waals surface area contributed by atoms with Gasteiger partial charge in [-0.2, -0.15) is 0 Å². The molecular formula is C36H67FN2. The highest BCUT2D eigenvalue weighted by molar-refractivity contribution is 5.34. The number of halogens is 1. The molecule has 0 amide bonds. The molecular weight excluding hydrogens is 479 g/mol. The van der Waals surface area contributed by atoms with Crippen molar-refractivity contribution in [3.63, 3.8) is 0 Å². The van der Waals surface area contributed by atoms with Gasteiger partial charge in [0.2, 0.25) is 0 Å². The third kappa shape index (κ3) is 37.8. The van der Waals surface area contributed by atoms with E-state index < -0.39 is 0 Å². The van der Waals surface area contributed by atoms with Gasteiger partial charge in [-0.05, 0) is 96.4 Å². The Bertz CT molecular complexity index is 723. The molecule has 0 aromatic carbocycles. The minimum atomic E-state index is -0.0856. The van der Waals surface area contributed by atoms with Gasteiger partial charge in [0.25, 0.3) is 0 Å². The standard InChI is InChI=1S/C16H28N2.C11H18.C5H9F.2C2H6/c1-6-8-14(3)10-11-15(12-13-17-4)16(18-5)9-7-2;1-5-7-9-11(8-6-2)10(3)4;1-3-4-5(2)6;2*1-2/h8,12-13,17H,5-7,9-11H2,1-4H3;5,7,9H,1,6,8H2,2-4H3;4H,3H2,1-2H3;2*1-2H3/b13-12-,14-8+,16-15+;9-7-;5-4+;;. The van der Waals surface area contributed by atoms with Crippen LogP contribution in [0.2, 0.25) is 0 Å². The van der Waals surface area contributed by atoms with Crippen LogP contribution in [-0.2, 0) is 0 Å². The number of nitrogens with zero attached hydrogens (tertiary/aromatic N) is 1. The predicted molar refractivity (Wildman–Crippen MR) is 183 cm³/mol. The van der Waals surface area contributed by atoms with E-state index in [-0.39, 0.29) is 5.83 Å². The van der Waals surface area contributed by atoms with Crippen LogP contribution in [0.15, 0.2) is 88.0 Å². The lowest BCUT2D eigenvalue weighted by molar-refractivity contribution is 0.635. The Balaban J connectivity index is -0.000000156. The number of nitrogens with one attached hydrogen (secondary N) is 1. The molecule has 0 radical (unpaired) electrons. The van der Waals surface area contributed by atoms with E-state index in [0.717, 1.165) is 44.2 Å². The van der Waals surface area contributed by atoms with Crippen molar-refractivity contribution in [3.05, 3.63) is 83.1 Å². The Morgan fingerprint density at radius 3 is 1.64 bits per heavy atom. The number of hydrogen-bond acceptors (Lipinski definition) is 2. The molecule has 0 spiro atoms. The Morgan fingerprint density at radius 2 is 1.31 bits per heavy atom. The molecule has 0 aromatic heterocycles. The molecule has 0 fully saturated rings. The van der Waals surface area contributed by atoms with Gasteiger partial charge in [-0.15, -0.1) is 0 Å². The second kappa shape index (κ2) is 40.1. The van der Waals surface area contributed by atoms with E-state index in [1.807, 2.05) is 60.0 Å². The van der Waals surface area contributed by atoms with E-state index in [0.29, 0.717) is 0 Å². The monoisotopic (exact) mass is 547 g/mol. The molecule has 2 nitrogen and oxygen atoms in total. The smallest absolute Gasteiger partial charge is 0.0928 e. The van der Waals surface area contributed by atoms with E-state index >= 15 is 0 Å². The lowest BCUT2D eigenvalue weighted by atomic mass is 10.0. The van der Waals surface area contributed by atoms with Crippen LogP contribution in [0, 0.1) is 0 Å². The minimum Gasteiger partial charge on any atom is -0.394 e. The average molecular weight is 547 g/mol. The SMILES string of the molecule is C=C/C=C\C(CCC)=C(C)C.C=N/C(CCC)=C(/C=C\NC)CC/C(C)=C/CC.CC.CC.CC/C=C(\C)F. The average Bonchev–Trinajstić information content (AvgIpc) is 2.93. The van der Waals surface area contributed by atoms with Gasteiger partial charge in [0.15, 0.2) is 0 Å². The Kier molecular flexibility index (Phi) is 47.7. The summed E-state index contributed by atoms with van der Waals surface area (Å²) in [5.74, 6) is -0.0856. The van der Waals surface area contributed by atoms with Crippen molar-refractivity contribution < 1.29 is 4.39 Å². The van der Waals surface area contributed by atoms with Crippen molar-refractivity contribution in [1.82, 2.24) is 5.32 Å². The number of aliphatic imine (C=N–C) groups is 1. The lowest BCUT2D eigenvalue weighted by Crippen LogP contribution is -1.95. The third-order valence-electron chi connectivity index (χ3n) is 4.92. The first-order chi connectivity index (χ1) is 18.7. The molecule has 3 heteroatoms. The van der Waals surface area contributed by atoms with Crippen molar-refractivity contribution >= 4 is 6.72 Å². The van der Waals surface area contributed by atoms with Crippen LogP contribution in [0.3, 0.4) is 0 Å². The molecule has 0 saturated heterocycles. The zero-order valence-corrected chi connectivity index (χ0v) is 28.4. The normalized spacial score (nSPS) is 11.3. The third-order valence-corrected chi connectivity index (χ3v) is 4.92. The lowest BCUT2D eigenvalue weighted by Gasteiger charge is -2.08. The van der Waals surface area contributed by atoms with Crippen molar-refractivity contribution in [2.24, 2.45) is 4.99 Å². The zero-order valence-electron chi connectivity index (χ0n) is 28.4. The van der Waals surface area contributed by atoms with Gasteiger partial charge in [-0.25, -0.2) is 4.39 Å². The summed E-state index contributed by atoms with van der Waals surface area (Å²) in [4.78, 5) is 4.19. The number of hydrogen-bond donors (Lipinski definition) is 1. The summed E-state index contributed by atoms with van der Waals surface area (Å²) in [5, 5.41) is 3.04. The Labute approximate surface area is 245 Å². The second-order valence-electron chi connectivity index (χ2n) is 8.53. The van der Waals surface area contributed by atoms with Crippen molar-refractivity contribution in [1.29, 1.82) is 0 Å². The maximum absolute atomic E-state index is 11.6. The molecule has 0 rings (SSSR count). The predicted octanol–water partition coefficient (Wildman–Crippen LogP) is 12.8. The van der Waals surface area contributed by atoms with E-state index in [2.05, 4.69) is 83.4 Å². The van der Waals surface area contributed by atoms with Crippen molar-refractivity contribution in [3.8, 4) is 0 Å². The molecule has 0 aliphatic rings. The maximum atomic E-state index is 11.6. The maximum Gasteiger partial charge on any atom is 0.0928 e. The fourth-order valence-corrected chi connectivity index (χ4v) is 3.10. The molecule has 0 aromatic rings. The van der Waals surface area contributed by atoms with E-state index in [9.17, 15) is 4.39 Å². The van der Waals surface area contributed by atoms with E-state index in [4.69, 9.17) is 0 Å². The van der Waals surface area contributed by atoms with Gasteiger partial charge in [-0.1, -0.05) is 116 Å².